The van der Waals surface area contributed by atoms with Gasteiger partial charge in [0.25, 0.3) is 5.91 Å². The Balaban J connectivity index is 1.68. The van der Waals surface area contributed by atoms with E-state index in [1.165, 1.54) is 25.7 Å². The number of amides is 1. The van der Waals surface area contributed by atoms with E-state index in [9.17, 15) is 13.6 Å². The molecule has 1 aliphatic rings. The molecular formula is C19H20F2N2O. The summed E-state index contributed by atoms with van der Waals surface area (Å²) < 4.78 is 26.4. The predicted octanol–water partition coefficient (Wildman–Crippen LogP) is 4.60. The fourth-order valence-corrected chi connectivity index (χ4v) is 2.97. The number of benzene rings is 2. The van der Waals surface area contributed by atoms with E-state index >= 15 is 0 Å². The molecule has 1 heterocycles. The van der Waals surface area contributed by atoms with Crippen LogP contribution >= 0.6 is 0 Å². The largest absolute Gasteiger partial charge is 0.372 e. The van der Waals surface area contributed by atoms with Gasteiger partial charge in [0.15, 0.2) is 0 Å². The molecule has 0 atom stereocenters. The first-order valence-electron chi connectivity index (χ1n) is 8.24. The van der Waals surface area contributed by atoms with Crippen molar-refractivity contribution in [3.05, 3.63) is 59.7 Å². The lowest BCUT2D eigenvalue weighted by molar-refractivity contribution is 0.102. The van der Waals surface area contributed by atoms with E-state index in [2.05, 4.69) is 10.2 Å². The summed E-state index contributed by atoms with van der Waals surface area (Å²) in [6, 6.07) is 10.3. The van der Waals surface area contributed by atoms with Gasteiger partial charge in [-0.15, -0.1) is 0 Å². The molecule has 5 heteroatoms. The van der Waals surface area contributed by atoms with Gasteiger partial charge in [-0.2, -0.15) is 0 Å². The molecule has 1 amide bonds. The van der Waals surface area contributed by atoms with Gasteiger partial charge in [-0.25, -0.2) is 8.78 Å². The first-order chi connectivity index (χ1) is 11.6. The molecule has 0 saturated carbocycles. The van der Waals surface area contributed by atoms with Crippen LogP contribution in [0.2, 0.25) is 0 Å². The van der Waals surface area contributed by atoms with Crippen LogP contribution in [0, 0.1) is 11.6 Å². The van der Waals surface area contributed by atoms with Crippen molar-refractivity contribution < 1.29 is 13.6 Å². The molecule has 0 aliphatic carbocycles. The SMILES string of the molecule is O=C(Nc1ccc(N2CCCCCC2)cc1)c1cc(F)cc(F)c1. The first kappa shape index (κ1) is 16.4. The van der Waals surface area contributed by atoms with E-state index in [1.54, 1.807) is 0 Å². The lowest BCUT2D eigenvalue weighted by Crippen LogP contribution is -2.23. The summed E-state index contributed by atoms with van der Waals surface area (Å²) >= 11 is 0. The van der Waals surface area contributed by atoms with Crippen molar-refractivity contribution in [3.63, 3.8) is 0 Å². The van der Waals surface area contributed by atoms with Crippen molar-refractivity contribution in [1.29, 1.82) is 0 Å². The van der Waals surface area contributed by atoms with E-state index in [-0.39, 0.29) is 5.56 Å². The molecule has 24 heavy (non-hydrogen) atoms. The highest BCUT2D eigenvalue weighted by atomic mass is 19.1. The molecule has 2 aromatic rings. The van der Waals surface area contributed by atoms with E-state index in [4.69, 9.17) is 0 Å². The van der Waals surface area contributed by atoms with Gasteiger partial charge in [-0.1, -0.05) is 12.8 Å². The standard InChI is InChI=1S/C19H20F2N2O/c20-15-11-14(12-16(21)13-15)19(24)22-17-5-7-18(8-6-17)23-9-3-1-2-4-10-23/h5-8,11-13H,1-4,9-10H2,(H,22,24). The molecule has 1 saturated heterocycles. The minimum atomic E-state index is -0.767. The molecule has 1 fully saturated rings. The highest BCUT2D eigenvalue weighted by molar-refractivity contribution is 6.04. The van der Waals surface area contributed by atoms with Gasteiger partial charge < -0.3 is 10.2 Å². The Bertz CT molecular complexity index is 688. The quantitative estimate of drug-likeness (QED) is 0.892. The number of halogens is 2. The highest BCUT2D eigenvalue weighted by Crippen LogP contribution is 2.22. The van der Waals surface area contributed by atoms with Crippen LogP contribution in [0.15, 0.2) is 42.5 Å². The van der Waals surface area contributed by atoms with Gasteiger partial charge in [0.1, 0.15) is 11.6 Å². The summed E-state index contributed by atoms with van der Waals surface area (Å²) in [6.45, 7) is 2.10. The molecule has 0 bridgehead atoms. The molecule has 2 aromatic carbocycles. The second-order valence-corrected chi connectivity index (χ2v) is 6.06. The Morgan fingerprint density at radius 2 is 1.46 bits per heavy atom. The van der Waals surface area contributed by atoms with Gasteiger partial charge in [0, 0.05) is 36.1 Å². The zero-order valence-corrected chi connectivity index (χ0v) is 13.4. The number of nitrogens with zero attached hydrogens (tertiary/aromatic N) is 1. The summed E-state index contributed by atoms with van der Waals surface area (Å²) in [5.74, 6) is -2.07. The molecule has 1 aliphatic heterocycles. The number of hydrogen-bond acceptors (Lipinski definition) is 2. The third kappa shape index (κ3) is 4.10. The van der Waals surface area contributed by atoms with Crippen molar-refractivity contribution in [2.24, 2.45) is 0 Å². The Hall–Kier alpha value is -2.43. The third-order valence-electron chi connectivity index (χ3n) is 4.22. The van der Waals surface area contributed by atoms with E-state index in [0.29, 0.717) is 5.69 Å². The average molecular weight is 330 g/mol. The maximum atomic E-state index is 13.2. The molecule has 3 rings (SSSR count). The lowest BCUT2D eigenvalue weighted by atomic mass is 10.2. The molecule has 3 nitrogen and oxygen atoms in total. The van der Waals surface area contributed by atoms with Gasteiger partial charge >= 0.3 is 0 Å². The van der Waals surface area contributed by atoms with Crippen LogP contribution in [0.4, 0.5) is 20.2 Å². The van der Waals surface area contributed by atoms with Crippen LogP contribution in [0.5, 0.6) is 0 Å². The average Bonchev–Trinajstić information content (AvgIpc) is 2.84. The molecule has 0 radical (unpaired) electrons. The fraction of sp³-hybridized carbons (Fsp3) is 0.316. The summed E-state index contributed by atoms with van der Waals surface area (Å²) in [5, 5.41) is 2.66. The summed E-state index contributed by atoms with van der Waals surface area (Å²) in [4.78, 5) is 14.4. The Morgan fingerprint density at radius 3 is 2.04 bits per heavy atom. The second kappa shape index (κ2) is 7.43. The van der Waals surface area contributed by atoms with Crippen LogP contribution in [0.25, 0.3) is 0 Å². The van der Waals surface area contributed by atoms with Crippen molar-refractivity contribution in [2.45, 2.75) is 25.7 Å². The number of rotatable bonds is 3. The van der Waals surface area contributed by atoms with Crippen molar-refractivity contribution in [1.82, 2.24) is 0 Å². The molecule has 1 N–H and O–H groups in total. The van der Waals surface area contributed by atoms with Crippen LogP contribution in [0.3, 0.4) is 0 Å². The first-order valence-corrected chi connectivity index (χ1v) is 8.24. The number of hydrogen-bond donors (Lipinski definition) is 1. The molecular weight excluding hydrogens is 310 g/mol. The van der Waals surface area contributed by atoms with E-state index in [1.807, 2.05) is 24.3 Å². The minimum Gasteiger partial charge on any atom is -0.372 e. The third-order valence-corrected chi connectivity index (χ3v) is 4.22. The van der Waals surface area contributed by atoms with Crippen molar-refractivity contribution in [2.75, 3.05) is 23.3 Å². The maximum Gasteiger partial charge on any atom is 0.255 e. The Labute approximate surface area is 140 Å². The van der Waals surface area contributed by atoms with Gasteiger partial charge in [0.2, 0.25) is 0 Å². The molecule has 0 spiro atoms. The number of carbonyl (C=O) groups is 1. The summed E-state index contributed by atoms with van der Waals surface area (Å²) in [6.07, 6.45) is 4.94. The second-order valence-electron chi connectivity index (χ2n) is 6.06. The molecule has 0 aromatic heterocycles. The normalized spacial score (nSPS) is 15.0. The fourth-order valence-electron chi connectivity index (χ4n) is 2.97. The molecule has 0 unspecified atom stereocenters. The van der Waals surface area contributed by atoms with Gasteiger partial charge in [-0.05, 0) is 49.2 Å². The monoisotopic (exact) mass is 330 g/mol. The number of carbonyl (C=O) groups excluding carboxylic acids is 1. The van der Waals surface area contributed by atoms with Crippen molar-refractivity contribution in [3.8, 4) is 0 Å². The van der Waals surface area contributed by atoms with E-state index in [0.717, 1.165) is 37.0 Å². The van der Waals surface area contributed by atoms with Crippen LogP contribution in [-0.4, -0.2) is 19.0 Å². The minimum absolute atomic E-state index is 0.0379. The van der Waals surface area contributed by atoms with Gasteiger partial charge in [0.05, 0.1) is 0 Å². The Kier molecular flexibility index (Phi) is 5.08. The van der Waals surface area contributed by atoms with Gasteiger partial charge in [-0.3, -0.25) is 4.79 Å². The zero-order valence-electron chi connectivity index (χ0n) is 13.4. The topological polar surface area (TPSA) is 32.3 Å². The van der Waals surface area contributed by atoms with Crippen LogP contribution < -0.4 is 10.2 Å². The number of nitrogens with one attached hydrogen (secondary N) is 1. The molecule has 126 valence electrons. The maximum absolute atomic E-state index is 13.2. The smallest absolute Gasteiger partial charge is 0.255 e. The van der Waals surface area contributed by atoms with E-state index < -0.39 is 17.5 Å². The van der Waals surface area contributed by atoms with Crippen LogP contribution in [-0.2, 0) is 0 Å². The number of anilines is 2. The lowest BCUT2D eigenvalue weighted by Gasteiger charge is -2.22. The van der Waals surface area contributed by atoms with Crippen LogP contribution in [0.1, 0.15) is 36.0 Å². The van der Waals surface area contributed by atoms with Crippen molar-refractivity contribution >= 4 is 17.3 Å². The predicted molar refractivity (Wildman–Crippen MR) is 91.4 cm³/mol. The highest BCUT2D eigenvalue weighted by Gasteiger charge is 2.12. The summed E-state index contributed by atoms with van der Waals surface area (Å²) in [7, 11) is 0. The Morgan fingerprint density at radius 1 is 0.875 bits per heavy atom. The zero-order chi connectivity index (χ0) is 16.9. The summed E-state index contributed by atoms with van der Waals surface area (Å²) in [5.41, 5.74) is 1.69.